The molecule has 0 radical (unpaired) electrons. The first kappa shape index (κ1) is 12.2. The zero-order chi connectivity index (χ0) is 11.6. The van der Waals surface area contributed by atoms with E-state index in [9.17, 15) is 8.42 Å². The van der Waals surface area contributed by atoms with E-state index in [1.165, 1.54) is 17.1 Å². The number of hydrogen-bond donors (Lipinski definition) is 2. The molecule has 0 aliphatic heterocycles. The van der Waals surface area contributed by atoms with Crippen molar-refractivity contribution in [2.45, 2.75) is 23.9 Å². The van der Waals surface area contributed by atoms with Gasteiger partial charge in [0.2, 0.25) is 0 Å². The molecule has 3 N–H and O–H groups in total. The topological polar surface area (TPSA) is 98.2 Å². The van der Waals surface area contributed by atoms with Crippen LogP contribution in [0.4, 0.5) is 0 Å². The fraction of sp³-hybridized carbons (Fsp3) is 0.625. The van der Waals surface area contributed by atoms with Gasteiger partial charge in [0.1, 0.15) is 4.90 Å². The van der Waals surface area contributed by atoms with Gasteiger partial charge in [0.15, 0.2) is 9.84 Å². The van der Waals surface area contributed by atoms with E-state index in [1.54, 1.807) is 6.92 Å². The van der Waals surface area contributed by atoms with Crippen LogP contribution in [-0.2, 0) is 9.84 Å². The van der Waals surface area contributed by atoms with Gasteiger partial charge in [-0.1, -0.05) is 0 Å². The monoisotopic (exact) mass is 233 g/mol. The second kappa shape index (κ2) is 4.30. The van der Waals surface area contributed by atoms with Crippen LogP contribution in [0, 0.1) is 0 Å². The van der Waals surface area contributed by atoms with Crippen LogP contribution < -0.4 is 5.73 Å². The molecular weight excluding hydrogens is 218 g/mol. The Bertz CT molecular complexity index is 424. The number of sulfone groups is 1. The summed E-state index contributed by atoms with van der Waals surface area (Å²) in [5, 5.41) is 12.9. The molecule has 86 valence electrons. The average molecular weight is 233 g/mol. The van der Waals surface area contributed by atoms with E-state index in [0.717, 1.165) is 6.26 Å². The van der Waals surface area contributed by atoms with Crippen molar-refractivity contribution in [1.82, 2.24) is 9.78 Å². The first-order chi connectivity index (χ1) is 6.86. The number of rotatable bonds is 4. The Kier molecular flexibility index (Phi) is 3.48. The SMILES string of the molecule is CC(N)C(CO)n1cc(S(C)(=O)=O)cn1. The van der Waals surface area contributed by atoms with Crippen molar-refractivity contribution in [2.75, 3.05) is 12.9 Å². The van der Waals surface area contributed by atoms with E-state index in [2.05, 4.69) is 5.10 Å². The van der Waals surface area contributed by atoms with Crippen molar-refractivity contribution in [2.24, 2.45) is 5.73 Å². The molecule has 0 saturated heterocycles. The van der Waals surface area contributed by atoms with Gasteiger partial charge in [0.05, 0.1) is 18.8 Å². The molecule has 1 aromatic heterocycles. The zero-order valence-corrected chi connectivity index (χ0v) is 9.48. The lowest BCUT2D eigenvalue weighted by atomic mass is 10.2. The summed E-state index contributed by atoms with van der Waals surface area (Å²) in [5.74, 6) is 0. The van der Waals surface area contributed by atoms with Gasteiger partial charge >= 0.3 is 0 Å². The Morgan fingerprint density at radius 3 is 2.60 bits per heavy atom. The number of aromatic nitrogens is 2. The highest BCUT2D eigenvalue weighted by Gasteiger charge is 2.18. The molecule has 7 heteroatoms. The lowest BCUT2D eigenvalue weighted by molar-refractivity contribution is 0.201. The smallest absolute Gasteiger partial charge is 0.178 e. The molecule has 0 fully saturated rings. The third-order valence-corrected chi connectivity index (χ3v) is 3.21. The molecule has 0 aromatic carbocycles. The Morgan fingerprint density at radius 1 is 1.67 bits per heavy atom. The van der Waals surface area contributed by atoms with Crippen LogP contribution in [0.5, 0.6) is 0 Å². The molecular formula is C8H15N3O3S. The highest BCUT2D eigenvalue weighted by molar-refractivity contribution is 7.90. The third kappa shape index (κ3) is 2.77. The van der Waals surface area contributed by atoms with Gasteiger partial charge in [-0.05, 0) is 6.92 Å². The average Bonchev–Trinajstić information content (AvgIpc) is 2.52. The highest BCUT2D eigenvalue weighted by Crippen LogP contribution is 2.13. The molecule has 0 aliphatic rings. The fourth-order valence-electron chi connectivity index (χ4n) is 1.18. The Hall–Kier alpha value is -0.920. The molecule has 2 unspecified atom stereocenters. The maximum atomic E-state index is 11.2. The van der Waals surface area contributed by atoms with Gasteiger partial charge in [0, 0.05) is 18.5 Å². The van der Waals surface area contributed by atoms with Crippen molar-refractivity contribution < 1.29 is 13.5 Å². The van der Waals surface area contributed by atoms with Crippen LogP contribution in [0.15, 0.2) is 17.3 Å². The van der Waals surface area contributed by atoms with Gasteiger partial charge in [-0.2, -0.15) is 5.10 Å². The molecule has 2 atom stereocenters. The van der Waals surface area contributed by atoms with E-state index >= 15 is 0 Å². The largest absolute Gasteiger partial charge is 0.394 e. The standard InChI is InChI=1S/C8H15N3O3S/c1-6(9)8(5-12)11-4-7(3-10-11)15(2,13)14/h3-4,6,8,12H,5,9H2,1-2H3. The predicted octanol–water partition coefficient (Wildman–Crippen LogP) is -0.833. The molecule has 1 rings (SSSR count). The maximum absolute atomic E-state index is 11.2. The Balaban J connectivity index is 3.03. The lowest BCUT2D eigenvalue weighted by Gasteiger charge is -2.18. The summed E-state index contributed by atoms with van der Waals surface area (Å²) in [6.45, 7) is 1.55. The van der Waals surface area contributed by atoms with E-state index in [1.807, 2.05) is 0 Å². The minimum Gasteiger partial charge on any atom is -0.394 e. The molecule has 6 nitrogen and oxygen atoms in total. The van der Waals surface area contributed by atoms with E-state index < -0.39 is 15.9 Å². The number of aliphatic hydroxyl groups excluding tert-OH is 1. The van der Waals surface area contributed by atoms with Gasteiger partial charge < -0.3 is 10.8 Å². The van der Waals surface area contributed by atoms with Crippen LogP contribution in [0.3, 0.4) is 0 Å². The fourth-order valence-corrected chi connectivity index (χ4v) is 1.72. The highest BCUT2D eigenvalue weighted by atomic mass is 32.2. The third-order valence-electron chi connectivity index (χ3n) is 2.14. The zero-order valence-electron chi connectivity index (χ0n) is 8.66. The maximum Gasteiger partial charge on any atom is 0.178 e. The second-order valence-electron chi connectivity index (χ2n) is 3.54. The predicted molar refractivity (Wildman–Crippen MR) is 55.1 cm³/mol. The summed E-state index contributed by atoms with van der Waals surface area (Å²) >= 11 is 0. The van der Waals surface area contributed by atoms with Crippen LogP contribution >= 0.6 is 0 Å². The molecule has 0 bridgehead atoms. The second-order valence-corrected chi connectivity index (χ2v) is 5.55. The van der Waals surface area contributed by atoms with Gasteiger partial charge in [-0.25, -0.2) is 8.42 Å². The number of hydrogen-bond acceptors (Lipinski definition) is 5. The Labute approximate surface area is 88.6 Å². The van der Waals surface area contributed by atoms with Gasteiger partial charge in [-0.3, -0.25) is 4.68 Å². The van der Waals surface area contributed by atoms with E-state index in [0.29, 0.717) is 0 Å². The van der Waals surface area contributed by atoms with Crippen LogP contribution in [0.1, 0.15) is 13.0 Å². The van der Waals surface area contributed by atoms with Gasteiger partial charge in [-0.15, -0.1) is 0 Å². The summed E-state index contributed by atoms with van der Waals surface area (Å²) in [6, 6.07) is -0.706. The summed E-state index contributed by atoms with van der Waals surface area (Å²) in [6.07, 6.45) is 3.73. The van der Waals surface area contributed by atoms with Crippen LogP contribution in [0.2, 0.25) is 0 Å². The lowest BCUT2D eigenvalue weighted by Crippen LogP contribution is -2.32. The van der Waals surface area contributed by atoms with Crippen molar-refractivity contribution in [3.8, 4) is 0 Å². The molecule has 15 heavy (non-hydrogen) atoms. The minimum atomic E-state index is -3.26. The molecule has 0 saturated carbocycles. The molecule has 1 heterocycles. The van der Waals surface area contributed by atoms with E-state index in [4.69, 9.17) is 10.8 Å². The normalized spacial score (nSPS) is 16.3. The summed E-state index contributed by atoms with van der Waals surface area (Å²) in [7, 11) is -3.26. The molecule has 0 aliphatic carbocycles. The number of aliphatic hydroxyl groups is 1. The van der Waals surface area contributed by atoms with Crippen molar-refractivity contribution in [1.29, 1.82) is 0 Å². The van der Waals surface area contributed by atoms with Crippen LogP contribution in [0.25, 0.3) is 0 Å². The number of nitrogens with zero attached hydrogens (tertiary/aromatic N) is 2. The molecule has 1 aromatic rings. The quantitative estimate of drug-likeness (QED) is 0.707. The first-order valence-corrected chi connectivity index (χ1v) is 6.36. The van der Waals surface area contributed by atoms with Gasteiger partial charge in [0.25, 0.3) is 0 Å². The first-order valence-electron chi connectivity index (χ1n) is 4.47. The van der Waals surface area contributed by atoms with Crippen molar-refractivity contribution >= 4 is 9.84 Å². The molecule has 0 spiro atoms. The molecule has 0 amide bonds. The summed E-state index contributed by atoms with van der Waals surface area (Å²) in [4.78, 5) is 0.126. The van der Waals surface area contributed by atoms with Crippen molar-refractivity contribution in [3.05, 3.63) is 12.4 Å². The van der Waals surface area contributed by atoms with Crippen molar-refractivity contribution in [3.63, 3.8) is 0 Å². The Morgan fingerprint density at radius 2 is 2.27 bits per heavy atom. The number of nitrogens with two attached hydrogens (primary N) is 1. The van der Waals surface area contributed by atoms with Crippen LogP contribution in [-0.4, -0.2) is 42.2 Å². The summed E-state index contributed by atoms with van der Waals surface area (Å²) in [5.41, 5.74) is 5.63. The minimum absolute atomic E-state index is 0.126. The van der Waals surface area contributed by atoms with E-state index in [-0.39, 0.29) is 17.5 Å². The summed E-state index contributed by atoms with van der Waals surface area (Å²) < 4.78 is 23.7.